The molecule has 0 saturated carbocycles. The van der Waals surface area contributed by atoms with Crippen molar-refractivity contribution in [2.45, 2.75) is 25.8 Å². The second kappa shape index (κ2) is 6.92. The molecule has 0 unspecified atom stereocenters. The minimum Gasteiger partial charge on any atom is -0.465 e. The third-order valence-electron chi connectivity index (χ3n) is 4.83. The Labute approximate surface area is 155 Å². The van der Waals surface area contributed by atoms with E-state index < -0.39 is 6.09 Å². The number of carbonyl (C=O) groups is 1. The van der Waals surface area contributed by atoms with Crippen molar-refractivity contribution in [1.29, 1.82) is 0 Å². The highest BCUT2D eigenvalue weighted by atomic mass is 32.1. The third kappa shape index (κ3) is 3.22. The van der Waals surface area contributed by atoms with Crippen LogP contribution in [0.3, 0.4) is 0 Å². The smallest absolute Gasteiger partial charge is 0.404 e. The molecule has 3 heterocycles. The van der Waals surface area contributed by atoms with Gasteiger partial charge in [0.15, 0.2) is 0 Å². The normalized spacial score (nSPS) is 15.3. The van der Waals surface area contributed by atoms with Gasteiger partial charge < -0.3 is 15.3 Å². The number of anilines is 1. The number of amides is 1. The molecule has 7 heteroatoms. The summed E-state index contributed by atoms with van der Waals surface area (Å²) in [6.07, 6.45) is 2.23. The lowest BCUT2D eigenvalue weighted by molar-refractivity contribution is 0.187. The van der Waals surface area contributed by atoms with Crippen LogP contribution in [-0.2, 0) is 0 Å². The molecule has 134 valence electrons. The first-order chi connectivity index (χ1) is 12.6. The van der Waals surface area contributed by atoms with Gasteiger partial charge in [-0.05, 0) is 25.3 Å². The van der Waals surface area contributed by atoms with Crippen LogP contribution in [-0.4, -0.2) is 40.3 Å². The van der Waals surface area contributed by atoms with E-state index in [1.54, 1.807) is 17.7 Å². The summed E-state index contributed by atoms with van der Waals surface area (Å²) in [5.41, 5.74) is 3.56. The van der Waals surface area contributed by atoms with Gasteiger partial charge in [-0.25, -0.2) is 14.8 Å². The van der Waals surface area contributed by atoms with Gasteiger partial charge in [-0.15, -0.1) is 11.3 Å². The Kier molecular flexibility index (Phi) is 4.46. The Bertz CT molecular complexity index is 930. The van der Waals surface area contributed by atoms with Crippen LogP contribution in [0.4, 0.5) is 10.6 Å². The maximum absolute atomic E-state index is 10.8. The molecule has 0 atom stereocenters. The maximum atomic E-state index is 10.8. The number of aryl methyl sites for hydroxylation is 1. The summed E-state index contributed by atoms with van der Waals surface area (Å²) in [4.78, 5) is 23.1. The lowest BCUT2D eigenvalue weighted by atomic mass is 10.0. The predicted octanol–water partition coefficient (Wildman–Crippen LogP) is 3.90. The number of thiophene rings is 1. The number of nitrogens with zero attached hydrogens (tertiary/aromatic N) is 3. The van der Waals surface area contributed by atoms with Crippen LogP contribution < -0.4 is 10.2 Å². The fourth-order valence-electron chi connectivity index (χ4n) is 3.45. The molecule has 0 bridgehead atoms. The van der Waals surface area contributed by atoms with E-state index >= 15 is 0 Å². The van der Waals surface area contributed by atoms with Crippen molar-refractivity contribution in [3.8, 4) is 11.1 Å². The number of benzene rings is 1. The average molecular weight is 368 g/mol. The lowest BCUT2D eigenvalue weighted by Crippen LogP contribution is -2.44. The van der Waals surface area contributed by atoms with E-state index in [9.17, 15) is 4.79 Å². The molecule has 1 aliphatic heterocycles. The van der Waals surface area contributed by atoms with Gasteiger partial charge >= 0.3 is 6.09 Å². The van der Waals surface area contributed by atoms with E-state index in [1.165, 1.54) is 11.1 Å². The standard InChI is InChI=1S/C19H20N4O2S/c1-12-2-4-13(5-3-12)15-10-26-18-16(15)17(20-11-21-18)23-8-6-14(7-9-23)22-19(24)25/h2-5,10-11,14,22H,6-9H2,1H3,(H,24,25). The van der Waals surface area contributed by atoms with Gasteiger partial charge in [0, 0.05) is 30.1 Å². The maximum Gasteiger partial charge on any atom is 0.404 e. The van der Waals surface area contributed by atoms with Gasteiger partial charge in [0.1, 0.15) is 17.0 Å². The molecule has 0 aliphatic carbocycles. The quantitative estimate of drug-likeness (QED) is 0.733. The summed E-state index contributed by atoms with van der Waals surface area (Å²) in [6, 6.07) is 8.52. The second-order valence-corrected chi connectivity index (χ2v) is 7.46. The summed E-state index contributed by atoms with van der Waals surface area (Å²) >= 11 is 1.63. The van der Waals surface area contributed by atoms with Crippen molar-refractivity contribution in [3.05, 3.63) is 41.5 Å². The first-order valence-corrected chi connectivity index (χ1v) is 9.53. The number of hydrogen-bond acceptors (Lipinski definition) is 5. The number of aromatic nitrogens is 2. The van der Waals surface area contributed by atoms with Crippen molar-refractivity contribution in [2.24, 2.45) is 0 Å². The summed E-state index contributed by atoms with van der Waals surface area (Å²) in [5, 5.41) is 14.7. The fourth-order valence-corrected chi connectivity index (χ4v) is 4.37. The number of piperidine rings is 1. The van der Waals surface area contributed by atoms with Crippen LogP contribution in [0.15, 0.2) is 36.0 Å². The molecule has 1 saturated heterocycles. The zero-order valence-corrected chi connectivity index (χ0v) is 15.3. The van der Waals surface area contributed by atoms with Crippen molar-refractivity contribution in [3.63, 3.8) is 0 Å². The Hall–Kier alpha value is -2.67. The number of carboxylic acid groups (broad SMARTS) is 1. The Morgan fingerprint density at radius 2 is 1.96 bits per heavy atom. The van der Waals surface area contributed by atoms with Crippen LogP contribution in [0.25, 0.3) is 21.3 Å². The number of hydrogen-bond donors (Lipinski definition) is 2. The zero-order valence-electron chi connectivity index (χ0n) is 14.5. The molecule has 3 aromatic rings. The molecule has 0 spiro atoms. The van der Waals surface area contributed by atoms with E-state index in [2.05, 4.69) is 56.8 Å². The van der Waals surface area contributed by atoms with Gasteiger partial charge in [-0.1, -0.05) is 29.8 Å². The Morgan fingerprint density at radius 3 is 2.65 bits per heavy atom. The summed E-state index contributed by atoms with van der Waals surface area (Å²) in [6.45, 7) is 3.64. The van der Waals surface area contributed by atoms with E-state index in [0.717, 1.165) is 47.5 Å². The molecule has 26 heavy (non-hydrogen) atoms. The summed E-state index contributed by atoms with van der Waals surface area (Å²) < 4.78 is 0. The van der Waals surface area contributed by atoms with Gasteiger partial charge in [0.05, 0.1) is 5.39 Å². The first-order valence-electron chi connectivity index (χ1n) is 8.65. The molecular weight excluding hydrogens is 348 g/mol. The molecule has 1 amide bonds. The van der Waals surface area contributed by atoms with Crippen LogP contribution in [0.1, 0.15) is 18.4 Å². The van der Waals surface area contributed by atoms with E-state index in [0.29, 0.717) is 0 Å². The van der Waals surface area contributed by atoms with Crippen LogP contribution >= 0.6 is 11.3 Å². The number of fused-ring (bicyclic) bond motifs is 1. The molecule has 1 aliphatic rings. The van der Waals surface area contributed by atoms with Crippen LogP contribution in [0.2, 0.25) is 0 Å². The van der Waals surface area contributed by atoms with Gasteiger partial charge in [0.2, 0.25) is 0 Å². The second-order valence-electron chi connectivity index (χ2n) is 6.60. The van der Waals surface area contributed by atoms with E-state index in [1.807, 2.05) is 0 Å². The van der Waals surface area contributed by atoms with Gasteiger partial charge in [-0.2, -0.15) is 0 Å². The molecule has 1 fully saturated rings. The van der Waals surface area contributed by atoms with Gasteiger partial charge in [-0.3, -0.25) is 0 Å². The SMILES string of the molecule is Cc1ccc(-c2csc3ncnc(N4CCC(NC(=O)O)CC4)c23)cc1. The zero-order chi connectivity index (χ0) is 18.1. The topological polar surface area (TPSA) is 78.4 Å². The fraction of sp³-hybridized carbons (Fsp3) is 0.316. The lowest BCUT2D eigenvalue weighted by Gasteiger charge is -2.33. The molecule has 2 aromatic heterocycles. The molecule has 2 N–H and O–H groups in total. The molecule has 1 aromatic carbocycles. The van der Waals surface area contributed by atoms with Crippen LogP contribution in [0, 0.1) is 6.92 Å². The third-order valence-corrected chi connectivity index (χ3v) is 5.72. The minimum absolute atomic E-state index is 0.0140. The van der Waals surface area contributed by atoms with Crippen molar-refractivity contribution < 1.29 is 9.90 Å². The Morgan fingerprint density at radius 1 is 1.23 bits per heavy atom. The van der Waals surface area contributed by atoms with Gasteiger partial charge in [0.25, 0.3) is 0 Å². The monoisotopic (exact) mass is 368 g/mol. The number of nitrogens with one attached hydrogen (secondary N) is 1. The van der Waals surface area contributed by atoms with E-state index in [-0.39, 0.29) is 6.04 Å². The van der Waals surface area contributed by atoms with Crippen molar-refractivity contribution in [1.82, 2.24) is 15.3 Å². The highest BCUT2D eigenvalue weighted by Crippen LogP contribution is 2.38. The minimum atomic E-state index is -0.952. The summed E-state index contributed by atoms with van der Waals surface area (Å²) in [7, 11) is 0. The number of rotatable bonds is 3. The Balaban J connectivity index is 1.67. The molecule has 0 radical (unpaired) electrons. The van der Waals surface area contributed by atoms with E-state index in [4.69, 9.17) is 5.11 Å². The molecular formula is C19H20N4O2S. The molecule has 6 nitrogen and oxygen atoms in total. The van der Waals surface area contributed by atoms with Crippen molar-refractivity contribution >= 4 is 33.5 Å². The highest BCUT2D eigenvalue weighted by Gasteiger charge is 2.24. The summed E-state index contributed by atoms with van der Waals surface area (Å²) in [5.74, 6) is 0.945. The predicted molar refractivity (Wildman–Crippen MR) is 104 cm³/mol. The van der Waals surface area contributed by atoms with Crippen molar-refractivity contribution in [2.75, 3.05) is 18.0 Å². The average Bonchev–Trinajstić information content (AvgIpc) is 3.07. The highest BCUT2D eigenvalue weighted by molar-refractivity contribution is 7.17. The first kappa shape index (κ1) is 16.8. The van der Waals surface area contributed by atoms with Crippen LogP contribution in [0.5, 0.6) is 0 Å². The molecule has 4 rings (SSSR count). The largest absolute Gasteiger partial charge is 0.465 e.